The van der Waals surface area contributed by atoms with Crippen molar-refractivity contribution in [3.63, 3.8) is 0 Å². The molecule has 1 atom stereocenters. The van der Waals surface area contributed by atoms with Crippen LogP contribution in [0.25, 0.3) is 0 Å². The molecular weight excluding hydrogens is 172 g/mol. The maximum atomic E-state index is 8.77. The molecule has 0 spiro atoms. The van der Waals surface area contributed by atoms with E-state index < -0.39 is 6.10 Å². The predicted molar refractivity (Wildman–Crippen MR) is 35.8 cm³/mol. The quantitative estimate of drug-likeness (QED) is 0.670. The van der Waals surface area contributed by atoms with Crippen LogP contribution in [-0.2, 0) is 0 Å². The van der Waals surface area contributed by atoms with Gasteiger partial charge in [0.25, 0.3) is 0 Å². The fourth-order valence-corrected chi connectivity index (χ4v) is 0.665. The molecule has 48 valence electrons. The monoisotopic (exact) mass is 180 g/mol. The first-order valence-electron chi connectivity index (χ1n) is 2.37. The van der Waals surface area contributed by atoms with Crippen molar-refractivity contribution in [1.29, 1.82) is 0 Å². The van der Waals surface area contributed by atoms with Gasteiger partial charge in [-0.1, -0.05) is 15.9 Å². The number of rotatable bonds is 3. The molecule has 0 amide bonds. The van der Waals surface area contributed by atoms with Gasteiger partial charge in [-0.05, 0) is 11.1 Å². The topological polar surface area (TPSA) is 40.5 Å². The minimum absolute atomic E-state index is 0.0263. The summed E-state index contributed by atoms with van der Waals surface area (Å²) in [6, 6.07) is 0. The Balaban J connectivity index is 3.17. The molecule has 2 nitrogen and oxygen atoms in total. The molecule has 0 aliphatic rings. The van der Waals surface area contributed by atoms with E-state index in [9.17, 15) is 0 Å². The van der Waals surface area contributed by atoms with Crippen LogP contribution in [0.15, 0.2) is 11.1 Å². The van der Waals surface area contributed by atoms with E-state index in [2.05, 4.69) is 15.9 Å². The molecule has 0 aliphatic carbocycles. The third-order valence-electron chi connectivity index (χ3n) is 0.720. The summed E-state index contributed by atoms with van der Waals surface area (Å²) in [6.45, 7) is 0.0263. The lowest BCUT2D eigenvalue weighted by Crippen LogP contribution is -2.03. The van der Waals surface area contributed by atoms with Gasteiger partial charge in [-0.2, -0.15) is 0 Å². The number of aliphatic hydroxyl groups excluding tert-OH is 2. The van der Waals surface area contributed by atoms with Crippen LogP contribution in [0.2, 0.25) is 0 Å². The summed E-state index contributed by atoms with van der Waals surface area (Å²) in [4.78, 5) is 1.58. The van der Waals surface area contributed by atoms with E-state index in [-0.39, 0.29) is 6.61 Å². The highest BCUT2D eigenvalue weighted by Gasteiger charge is 1.93. The highest BCUT2D eigenvalue weighted by atomic mass is 79.9. The van der Waals surface area contributed by atoms with Crippen molar-refractivity contribution in [1.82, 2.24) is 0 Å². The molecule has 8 heavy (non-hydrogen) atoms. The van der Waals surface area contributed by atoms with Gasteiger partial charge >= 0.3 is 0 Å². The minimum Gasteiger partial charge on any atom is -0.396 e. The van der Waals surface area contributed by atoms with Gasteiger partial charge in [-0.3, -0.25) is 0 Å². The Bertz CT molecular complexity index is 72.8. The lowest BCUT2D eigenvalue weighted by Gasteiger charge is -1.98. The summed E-state index contributed by atoms with van der Waals surface area (Å²) in [7, 11) is 0. The van der Waals surface area contributed by atoms with Crippen LogP contribution in [0.5, 0.6) is 0 Å². The van der Waals surface area contributed by atoms with Crippen molar-refractivity contribution >= 4 is 15.9 Å². The summed E-state index contributed by atoms with van der Waals surface area (Å²) in [5, 5.41) is 17.0. The molecule has 0 bridgehead atoms. The number of aliphatic hydroxyl groups is 2. The molecule has 0 aromatic heterocycles. The lowest BCUT2D eigenvalue weighted by molar-refractivity contribution is 0.170. The Morgan fingerprint density at radius 2 is 2.25 bits per heavy atom. The molecule has 0 rings (SSSR count). The van der Waals surface area contributed by atoms with Crippen molar-refractivity contribution in [2.24, 2.45) is 0 Å². The second-order valence-corrected chi connectivity index (χ2v) is 1.93. The highest BCUT2D eigenvalue weighted by Crippen LogP contribution is 1.93. The zero-order chi connectivity index (χ0) is 6.41. The van der Waals surface area contributed by atoms with Gasteiger partial charge in [0.05, 0.1) is 6.10 Å². The summed E-state index contributed by atoms with van der Waals surface area (Å²) >= 11 is 3.00. The SMILES string of the molecule is OCCC(O)/C=C/Br. The maximum absolute atomic E-state index is 8.77. The molecule has 2 N–H and O–H groups in total. The Kier molecular flexibility index (Phi) is 5.37. The van der Waals surface area contributed by atoms with Crippen molar-refractivity contribution in [3.05, 3.63) is 11.1 Å². The van der Waals surface area contributed by atoms with Crippen molar-refractivity contribution < 1.29 is 10.2 Å². The maximum Gasteiger partial charge on any atom is 0.0750 e. The molecule has 0 aromatic rings. The van der Waals surface area contributed by atoms with Gasteiger partial charge in [0.1, 0.15) is 0 Å². The van der Waals surface area contributed by atoms with E-state index in [0.29, 0.717) is 6.42 Å². The van der Waals surface area contributed by atoms with E-state index in [1.54, 1.807) is 11.1 Å². The molecule has 1 unspecified atom stereocenters. The van der Waals surface area contributed by atoms with E-state index in [1.165, 1.54) is 0 Å². The third-order valence-corrected chi connectivity index (χ3v) is 1.02. The fourth-order valence-electron chi connectivity index (χ4n) is 0.312. The predicted octanol–water partition coefficient (Wildman–Crippen LogP) is 0.638. The molecule has 0 aromatic carbocycles. The normalized spacial score (nSPS) is 14.9. The van der Waals surface area contributed by atoms with Crippen molar-refractivity contribution in [2.75, 3.05) is 6.61 Å². The summed E-state index contributed by atoms with van der Waals surface area (Å²) in [5.41, 5.74) is 0. The number of halogens is 1. The van der Waals surface area contributed by atoms with Crippen LogP contribution >= 0.6 is 15.9 Å². The second-order valence-electron chi connectivity index (χ2n) is 1.40. The van der Waals surface area contributed by atoms with Crippen molar-refractivity contribution in [2.45, 2.75) is 12.5 Å². The van der Waals surface area contributed by atoms with Crippen LogP contribution < -0.4 is 0 Å². The van der Waals surface area contributed by atoms with Crippen LogP contribution in [0.4, 0.5) is 0 Å². The summed E-state index contributed by atoms with van der Waals surface area (Å²) < 4.78 is 0. The first-order valence-corrected chi connectivity index (χ1v) is 3.28. The van der Waals surface area contributed by atoms with Crippen molar-refractivity contribution in [3.8, 4) is 0 Å². The van der Waals surface area contributed by atoms with Crippen LogP contribution in [0.3, 0.4) is 0 Å². The summed E-state index contributed by atoms with van der Waals surface area (Å²) in [6.07, 6.45) is 1.46. The number of hydrogen-bond acceptors (Lipinski definition) is 2. The largest absolute Gasteiger partial charge is 0.396 e. The third kappa shape index (κ3) is 4.30. The zero-order valence-electron chi connectivity index (χ0n) is 4.42. The van der Waals surface area contributed by atoms with Gasteiger partial charge in [0, 0.05) is 13.0 Å². The van der Waals surface area contributed by atoms with Crippen LogP contribution in [0, 0.1) is 0 Å². The lowest BCUT2D eigenvalue weighted by atomic mass is 10.3. The van der Waals surface area contributed by atoms with Gasteiger partial charge in [0.2, 0.25) is 0 Å². The molecule has 3 heteroatoms. The molecule has 0 radical (unpaired) electrons. The van der Waals surface area contributed by atoms with Crippen LogP contribution in [-0.4, -0.2) is 22.9 Å². The minimum atomic E-state index is -0.514. The van der Waals surface area contributed by atoms with E-state index in [4.69, 9.17) is 10.2 Å². The molecule has 0 heterocycles. The van der Waals surface area contributed by atoms with Crippen LogP contribution in [0.1, 0.15) is 6.42 Å². The van der Waals surface area contributed by atoms with Gasteiger partial charge in [-0.25, -0.2) is 0 Å². The molecule has 0 saturated carbocycles. The Labute approximate surface area is 57.0 Å². The molecule has 0 aliphatic heterocycles. The van der Waals surface area contributed by atoms with Gasteiger partial charge in [0.15, 0.2) is 0 Å². The first kappa shape index (κ1) is 8.14. The average Bonchev–Trinajstić information content (AvgIpc) is 1.68. The Hall–Kier alpha value is 0.140. The Morgan fingerprint density at radius 3 is 2.62 bits per heavy atom. The molecule has 0 saturated heterocycles. The molecule has 0 fully saturated rings. The van der Waals surface area contributed by atoms with E-state index in [1.807, 2.05) is 0 Å². The van der Waals surface area contributed by atoms with Gasteiger partial charge < -0.3 is 10.2 Å². The Morgan fingerprint density at radius 1 is 1.62 bits per heavy atom. The fraction of sp³-hybridized carbons (Fsp3) is 0.600. The zero-order valence-corrected chi connectivity index (χ0v) is 6.00. The second kappa shape index (κ2) is 5.28. The smallest absolute Gasteiger partial charge is 0.0750 e. The first-order chi connectivity index (χ1) is 3.81. The summed E-state index contributed by atoms with van der Waals surface area (Å²) in [5.74, 6) is 0. The van der Waals surface area contributed by atoms with Gasteiger partial charge in [-0.15, -0.1) is 0 Å². The highest BCUT2D eigenvalue weighted by molar-refractivity contribution is 9.11. The molecular formula is C5H9BrO2. The van der Waals surface area contributed by atoms with E-state index >= 15 is 0 Å². The van der Waals surface area contributed by atoms with E-state index in [0.717, 1.165) is 0 Å². The number of hydrogen-bond donors (Lipinski definition) is 2. The average molecular weight is 181 g/mol. The standard InChI is InChI=1S/C5H9BrO2/c6-3-1-5(8)2-4-7/h1,3,5,7-8H,2,4H2/b3-1+.